The Labute approximate surface area is 200 Å². The van der Waals surface area contributed by atoms with Crippen molar-refractivity contribution in [2.24, 2.45) is 0 Å². The maximum atomic E-state index is 13.1. The first-order valence-corrected chi connectivity index (χ1v) is 11.2. The highest BCUT2D eigenvalue weighted by molar-refractivity contribution is 6.08. The van der Waals surface area contributed by atoms with Crippen molar-refractivity contribution in [3.8, 4) is 33.9 Å². The Morgan fingerprint density at radius 2 is 1.63 bits per heavy atom. The lowest BCUT2D eigenvalue weighted by Gasteiger charge is -2.09. The molecule has 0 N–H and O–H groups in total. The van der Waals surface area contributed by atoms with Gasteiger partial charge in [-0.2, -0.15) is 0 Å². The van der Waals surface area contributed by atoms with Crippen LogP contribution in [-0.4, -0.2) is 19.2 Å². The number of para-hydroxylation sites is 1. The van der Waals surface area contributed by atoms with Gasteiger partial charge in [0.1, 0.15) is 16.8 Å². The van der Waals surface area contributed by atoms with Crippen LogP contribution in [0.25, 0.3) is 55.4 Å². The molecule has 0 saturated carbocycles. The third kappa shape index (κ3) is 3.42. The number of fused-ring (bicyclic) bond motifs is 4. The molecule has 0 spiro atoms. The Morgan fingerprint density at radius 3 is 2.40 bits per heavy atom. The van der Waals surface area contributed by atoms with Gasteiger partial charge in [0.25, 0.3) is 0 Å². The minimum atomic E-state index is -0.487. The van der Waals surface area contributed by atoms with Gasteiger partial charge in [0.05, 0.1) is 25.5 Å². The van der Waals surface area contributed by atoms with Crippen molar-refractivity contribution < 1.29 is 18.3 Å². The number of aromatic nitrogens is 1. The van der Waals surface area contributed by atoms with E-state index < -0.39 is 5.63 Å². The van der Waals surface area contributed by atoms with E-state index in [1.165, 1.54) is 0 Å². The largest absolute Gasteiger partial charge is 0.497 e. The second kappa shape index (κ2) is 8.02. The molecule has 6 nitrogen and oxygen atoms in total. The molecular formula is C29H21NO5. The summed E-state index contributed by atoms with van der Waals surface area (Å²) in [5, 5.41) is 1.64. The van der Waals surface area contributed by atoms with Crippen molar-refractivity contribution in [3.05, 3.63) is 88.8 Å². The fourth-order valence-electron chi connectivity index (χ4n) is 4.43. The molecule has 0 amide bonds. The molecule has 0 bridgehead atoms. The van der Waals surface area contributed by atoms with Crippen molar-refractivity contribution >= 4 is 33.0 Å². The van der Waals surface area contributed by atoms with E-state index in [4.69, 9.17) is 23.3 Å². The molecule has 35 heavy (non-hydrogen) atoms. The average Bonchev–Trinajstić information content (AvgIpc) is 3.25. The molecule has 0 aliphatic rings. The second-order valence-corrected chi connectivity index (χ2v) is 8.39. The maximum Gasteiger partial charge on any atom is 0.345 e. The molecule has 0 aliphatic carbocycles. The molecule has 0 unspecified atom stereocenters. The van der Waals surface area contributed by atoms with E-state index in [1.54, 1.807) is 26.4 Å². The van der Waals surface area contributed by atoms with Crippen LogP contribution < -0.4 is 15.1 Å². The van der Waals surface area contributed by atoms with Crippen LogP contribution >= 0.6 is 0 Å². The van der Waals surface area contributed by atoms with Crippen LogP contribution in [0.1, 0.15) is 5.56 Å². The minimum absolute atomic E-state index is 0.365. The number of hydrogen-bond donors (Lipinski definition) is 0. The monoisotopic (exact) mass is 463 g/mol. The Morgan fingerprint density at radius 1 is 0.800 bits per heavy atom. The van der Waals surface area contributed by atoms with Crippen LogP contribution in [0.2, 0.25) is 0 Å². The highest BCUT2D eigenvalue weighted by Gasteiger charge is 2.19. The van der Waals surface area contributed by atoms with E-state index in [1.807, 2.05) is 67.6 Å². The number of aryl methyl sites for hydroxylation is 1. The number of nitrogens with zero attached hydrogens (tertiary/aromatic N) is 1. The van der Waals surface area contributed by atoms with Gasteiger partial charge in [-0.25, -0.2) is 9.78 Å². The summed E-state index contributed by atoms with van der Waals surface area (Å²) >= 11 is 0. The van der Waals surface area contributed by atoms with Crippen LogP contribution in [0.15, 0.2) is 86.4 Å². The van der Waals surface area contributed by atoms with Crippen LogP contribution in [0.5, 0.6) is 11.5 Å². The summed E-state index contributed by atoms with van der Waals surface area (Å²) in [6.07, 6.45) is 0. The normalized spacial score (nSPS) is 11.4. The molecule has 6 heteroatoms. The Balaban J connectivity index is 1.67. The summed E-state index contributed by atoms with van der Waals surface area (Å²) in [5.41, 5.74) is 5.71. The number of benzene rings is 3. The standard InChI is InChI=1S/C29H21NO5/c1-16-7-12-24-22(13-16)26-28(34-24)20(17-8-10-19(32-2)11-9-17)15-23(30-26)21-14-18-5-4-6-25(33-3)27(18)35-29(21)31/h4-15H,1-3H3. The Bertz CT molecular complexity index is 1800. The van der Waals surface area contributed by atoms with Gasteiger partial charge < -0.3 is 18.3 Å². The lowest BCUT2D eigenvalue weighted by Crippen LogP contribution is -2.05. The lowest BCUT2D eigenvalue weighted by atomic mass is 10.0. The minimum Gasteiger partial charge on any atom is -0.497 e. The first-order chi connectivity index (χ1) is 17.1. The fourth-order valence-corrected chi connectivity index (χ4v) is 4.43. The SMILES string of the molecule is COc1ccc(-c2cc(-c3cc4cccc(OC)c4oc3=O)nc3c2oc2ccc(C)cc23)cc1. The number of hydrogen-bond acceptors (Lipinski definition) is 6. The summed E-state index contributed by atoms with van der Waals surface area (Å²) in [6.45, 7) is 2.03. The van der Waals surface area contributed by atoms with E-state index in [0.717, 1.165) is 38.8 Å². The van der Waals surface area contributed by atoms with Crippen LogP contribution in [-0.2, 0) is 0 Å². The van der Waals surface area contributed by atoms with E-state index in [-0.39, 0.29) is 0 Å². The van der Waals surface area contributed by atoms with Gasteiger partial charge in [0.2, 0.25) is 0 Å². The van der Waals surface area contributed by atoms with Crippen LogP contribution in [0, 0.1) is 6.92 Å². The molecule has 3 aromatic carbocycles. The summed E-state index contributed by atoms with van der Waals surface area (Å²) in [5.74, 6) is 1.26. The van der Waals surface area contributed by atoms with Crippen LogP contribution in [0.3, 0.4) is 0 Å². The van der Waals surface area contributed by atoms with Crippen molar-refractivity contribution in [2.45, 2.75) is 6.92 Å². The topological polar surface area (TPSA) is 74.7 Å². The predicted octanol–water partition coefficient (Wildman–Crippen LogP) is 6.75. The van der Waals surface area contributed by atoms with Gasteiger partial charge in [0, 0.05) is 16.3 Å². The number of ether oxygens (including phenoxy) is 2. The van der Waals surface area contributed by atoms with Gasteiger partial charge in [-0.1, -0.05) is 35.9 Å². The van der Waals surface area contributed by atoms with Gasteiger partial charge in [0.15, 0.2) is 16.9 Å². The summed E-state index contributed by atoms with van der Waals surface area (Å²) in [4.78, 5) is 18.0. The molecule has 0 radical (unpaired) electrons. The van der Waals surface area contributed by atoms with Crippen molar-refractivity contribution in [1.82, 2.24) is 4.98 Å². The zero-order valence-corrected chi connectivity index (χ0v) is 19.4. The number of rotatable bonds is 4. The average molecular weight is 463 g/mol. The fraction of sp³-hybridized carbons (Fsp3) is 0.103. The van der Waals surface area contributed by atoms with E-state index in [2.05, 4.69) is 0 Å². The smallest absolute Gasteiger partial charge is 0.345 e. The van der Waals surface area contributed by atoms with Gasteiger partial charge in [-0.15, -0.1) is 0 Å². The van der Waals surface area contributed by atoms with E-state index in [0.29, 0.717) is 33.7 Å². The van der Waals surface area contributed by atoms with Crippen LogP contribution in [0.4, 0.5) is 0 Å². The predicted molar refractivity (Wildman–Crippen MR) is 136 cm³/mol. The molecule has 0 saturated heterocycles. The zero-order valence-electron chi connectivity index (χ0n) is 19.4. The number of pyridine rings is 1. The molecule has 3 heterocycles. The quantitative estimate of drug-likeness (QED) is 0.269. The molecule has 6 aromatic rings. The summed E-state index contributed by atoms with van der Waals surface area (Å²) in [6, 6.07) is 22.9. The molecule has 3 aromatic heterocycles. The van der Waals surface area contributed by atoms with Gasteiger partial charge in [-0.3, -0.25) is 0 Å². The summed E-state index contributed by atoms with van der Waals surface area (Å²) < 4.78 is 22.6. The highest BCUT2D eigenvalue weighted by Crippen LogP contribution is 2.38. The molecular weight excluding hydrogens is 442 g/mol. The number of methoxy groups -OCH3 is 2. The maximum absolute atomic E-state index is 13.1. The van der Waals surface area contributed by atoms with Crippen molar-refractivity contribution in [3.63, 3.8) is 0 Å². The molecule has 0 aliphatic heterocycles. The lowest BCUT2D eigenvalue weighted by molar-refractivity contribution is 0.407. The molecule has 0 fully saturated rings. The van der Waals surface area contributed by atoms with Gasteiger partial charge in [-0.05, 0) is 55.0 Å². The molecule has 6 rings (SSSR count). The van der Waals surface area contributed by atoms with E-state index >= 15 is 0 Å². The zero-order chi connectivity index (χ0) is 24.1. The first kappa shape index (κ1) is 21.0. The Hall–Kier alpha value is -4.58. The third-order valence-corrected chi connectivity index (χ3v) is 6.20. The first-order valence-electron chi connectivity index (χ1n) is 11.2. The van der Waals surface area contributed by atoms with Gasteiger partial charge >= 0.3 is 5.63 Å². The van der Waals surface area contributed by atoms with Crippen molar-refractivity contribution in [2.75, 3.05) is 14.2 Å². The van der Waals surface area contributed by atoms with Crippen molar-refractivity contribution in [1.29, 1.82) is 0 Å². The Kier molecular flexibility index (Phi) is 4.81. The third-order valence-electron chi connectivity index (χ3n) is 6.20. The molecule has 0 atom stereocenters. The number of furan rings is 1. The highest BCUT2D eigenvalue weighted by atomic mass is 16.5. The van der Waals surface area contributed by atoms with E-state index in [9.17, 15) is 4.79 Å². The summed E-state index contributed by atoms with van der Waals surface area (Å²) in [7, 11) is 3.18. The second-order valence-electron chi connectivity index (χ2n) is 8.39. The molecule has 172 valence electrons.